The lowest BCUT2D eigenvalue weighted by molar-refractivity contribution is 0.600. The van der Waals surface area contributed by atoms with Gasteiger partial charge in [-0.3, -0.25) is 4.72 Å². The third-order valence-electron chi connectivity index (χ3n) is 2.64. The molecule has 2 rings (SSSR count). The summed E-state index contributed by atoms with van der Waals surface area (Å²) in [6, 6.07) is 11.3. The molecule has 0 atom stereocenters. The van der Waals surface area contributed by atoms with Gasteiger partial charge >= 0.3 is 0 Å². The van der Waals surface area contributed by atoms with Gasteiger partial charge in [0.1, 0.15) is 0 Å². The molecule has 2 aromatic rings. The van der Waals surface area contributed by atoms with Gasteiger partial charge in [-0.15, -0.1) is 0 Å². The quantitative estimate of drug-likeness (QED) is 0.923. The largest absolute Gasteiger partial charge is 0.280 e. The Bertz CT molecular complexity index is 859. The third kappa shape index (κ3) is 3.96. The maximum absolute atomic E-state index is 12.1. The van der Waals surface area contributed by atoms with Crippen molar-refractivity contribution in [1.82, 2.24) is 0 Å². The van der Waals surface area contributed by atoms with Crippen molar-refractivity contribution in [1.29, 1.82) is 0 Å². The molecule has 5 nitrogen and oxygen atoms in total. The second-order valence-corrected chi connectivity index (χ2v) is 8.49. The van der Waals surface area contributed by atoms with Crippen LogP contribution in [0.2, 0.25) is 5.02 Å². The number of sulfone groups is 1. The average molecular weight is 346 g/mol. The Morgan fingerprint density at radius 2 is 1.52 bits per heavy atom. The first kappa shape index (κ1) is 15.8. The van der Waals surface area contributed by atoms with Gasteiger partial charge in [0.15, 0.2) is 9.84 Å². The summed E-state index contributed by atoms with van der Waals surface area (Å²) >= 11 is 5.77. The minimum absolute atomic E-state index is 0.0298. The first-order valence-corrected chi connectivity index (χ1v) is 9.52. The van der Waals surface area contributed by atoms with Crippen molar-refractivity contribution in [2.24, 2.45) is 0 Å². The predicted octanol–water partition coefficient (Wildman–Crippen LogP) is 2.54. The van der Waals surface area contributed by atoms with Crippen LogP contribution in [0, 0.1) is 0 Å². The monoisotopic (exact) mass is 345 g/mol. The minimum Gasteiger partial charge on any atom is -0.280 e. The number of anilines is 1. The Hall–Kier alpha value is -1.57. The van der Waals surface area contributed by atoms with E-state index in [9.17, 15) is 16.8 Å². The van der Waals surface area contributed by atoms with Crippen molar-refractivity contribution < 1.29 is 16.8 Å². The molecule has 21 heavy (non-hydrogen) atoms. The Morgan fingerprint density at radius 1 is 0.905 bits per heavy atom. The number of sulfonamides is 1. The topological polar surface area (TPSA) is 80.3 Å². The molecule has 0 heterocycles. The number of benzene rings is 2. The zero-order valence-electron chi connectivity index (χ0n) is 10.9. The Balaban J connectivity index is 2.29. The van der Waals surface area contributed by atoms with Crippen LogP contribution in [0.4, 0.5) is 5.69 Å². The number of hydrogen-bond donors (Lipinski definition) is 1. The van der Waals surface area contributed by atoms with Crippen LogP contribution in [-0.2, 0) is 19.9 Å². The molecule has 0 aliphatic rings. The van der Waals surface area contributed by atoms with E-state index >= 15 is 0 Å². The maximum Gasteiger partial charge on any atom is 0.261 e. The van der Waals surface area contributed by atoms with Crippen LogP contribution in [-0.4, -0.2) is 23.1 Å². The molecule has 8 heteroatoms. The lowest BCUT2D eigenvalue weighted by atomic mass is 10.3. The summed E-state index contributed by atoms with van der Waals surface area (Å²) in [6.07, 6.45) is 1.08. The van der Waals surface area contributed by atoms with E-state index in [2.05, 4.69) is 4.72 Å². The Labute approximate surface area is 128 Å². The molecule has 0 aromatic heterocycles. The van der Waals surface area contributed by atoms with E-state index in [0.29, 0.717) is 5.02 Å². The van der Waals surface area contributed by atoms with Crippen molar-refractivity contribution >= 4 is 37.1 Å². The maximum atomic E-state index is 12.1. The second-order valence-electron chi connectivity index (χ2n) is 4.36. The van der Waals surface area contributed by atoms with Gasteiger partial charge in [0.05, 0.1) is 9.79 Å². The van der Waals surface area contributed by atoms with E-state index in [1.165, 1.54) is 42.5 Å². The van der Waals surface area contributed by atoms with E-state index in [1.54, 1.807) is 6.07 Å². The van der Waals surface area contributed by atoms with Crippen molar-refractivity contribution in [2.75, 3.05) is 11.0 Å². The normalized spacial score (nSPS) is 12.1. The van der Waals surface area contributed by atoms with Crippen LogP contribution in [0.25, 0.3) is 0 Å². The molecule has 0 unspecified atom stereocenters. The van der Waals surface area contributed by atoms with Crippen molar-refractivity contribution in [3.05, 3.63) is 53.6 Å². The molecule has 0 bridgehead atoms. The average Bonchev–Trinajstić information content (AvgIpc) is 2.38. The predicted molar refractivity (Wildman–Crippen MR) is 81.8 cm³/mol. The molecule has 0 aliphatic carbocycles. The zero-order valence-corrected chi connectivity index (χ0v) is 13.3. The molecular weight excluding hydrogens is 334 g/mol. The fourth-order valence-electron chi connectivity index (χ4n) is 1.62. The molecule has 0 spiro atoms. The van der Waals surface area contributed by atoms with Gasteiger partial charge in [-0.25, -0.2) is 16.8 Å². The van der Waals surface area contributed by atoms with Gasteiger partial charge < -0.3 is 0 Å². The van der Waals surface area contributed by atoms with Gasteiger partial charge in [0, 0.05) is 17.0 Å². The smallest absolute Gasteiger partial charge is 0.261 e. The van der Waals surface area contributed by atoms with Crippen LogP contribution >= 0.6 is 11.6 Å². The van der Waals surface area contributed by atoms with Gasteiger partial charge in [-0.1, -0.05) is 17.7 Å². The van der Waals surface area contributed by atoms with Crippen molar-refractivity contribution in [3.63, 3.8) is 0 Å². The van der Waals surface area contributed by atoms with Crippen LogP contribution in [0.1, 0.15) is 0 Å². The van der Waals surface area contributed by atoms with Crippen LogP contribution in [0.5, 0.6) is 0 Å². The summed E-state index contributed by atoms with van der Waals surface area (Å²) in [6.45, 7) is 0. The zero-order chi connectivity index (χ0) is 15.7. The summed E-state index contributed by atoms with van der Waals surface area (Å²) in [5.41, 5.74) is 0.266. The molecule has 0 saturated carbocycles. The second kappa shape index (κ2) is 5.67. The van der Waals surface area contributed by atoms with Crippen LogP contribution in [0.3, 0.4) is 0 Å². The van der Waals surface area contributed by atoms with E-state index in [1.807, 2.05) is 0 Å². The molecule has 0 aliphatic heterocycles. The number of nitrogens with one attached hydrogen (secondary N) is 1. The molecule has 0 fully saturated rings. The molecule has 112 valence electrons. The molecule has 2 aromatic carbocycles. The SMILES string of the molecule is CS(=O)(=O)c1ccc(NS(=O)(=O)c2cccc(Cl)c2)cc1. The summed E-state index contributed by atoms with van der Waals surface area (Å²) in [5, 5.41) is 0.310. The fraction of sp³-hybridized carbons (Fsp3) is 0.0769. The summed E-state index contributed by atoms with van der Waals surface area (Å²) < 4.78 is 49.3. The number of hydrogen-bond acceptors (Lipinski definition) is 4. The van der Waals surface area contributed by atoms with Gasteiger partial charge in [-0.05, 0) is 42.5 Å². The van der Waals surface area contributed by atoms with Gasteiger partial charge in [-0.2, -0.15) is 0 Å². The van der Waals surface area contributed by atoms with Crippen LogP contribution < -0.4 is 4.72 Å². The van der Waals surface area contributed by atoms with Gasteiger partial charge in [0.25, 0.3) is 10.0 Å². The third-order valence-corrected chi connectivity index (χ3v) is 5.38. The van der Waals surface area contributed by atoms with Gasteiger partial charge in [0.2, 0.25) is 0 Å². The first-order valence-electron chi connectivity index (χ1n) is 5.77. The summed E-state index contributed by atoms with van der Waals surface area (Å²) in [4.78, 5) is 0.149. The highest BCUT2D eigenvalue weighted by molar-refractivity contribution is 7.92. The van der Waals surface area contributed by atoms with E-state index < -0.39 is 19.9 Å². The molecule has 0 radical (unpaired) electrons. The number of rotatable bonds is 4. The first-order chi connectivity index (χ1) is 9.68. The minimum atomic E-state index is -3.77. The van der Waals surface area contributed by atoms with E-state index in [-0.39, 0.29) is 15.5 Å². The molecular formula is C13H12ClNO4S2. The fourth-order valence-corrected chi connectivity index (χ4v) is 3.61. The van der Waals surface area contributed by atoms with Crippen LogP contribution in [0.15, 0.2) is 58.3 Å². The Morgan fingerprint density at radius 3 is 2.05 bits per heavy atom. The van der Waals surface area contributed by atoms with E-state index in [0.717, 1.165) is 6.26 Å². The summed E-state index contributed by atoms with van der Waals surface area (Å²) in [5.74, 6) is 0. The standard InChI is InChI=1S/C13H12ClNO4S2/c1-20(16,17)12-7-5-11(6-8-12)15-21(18,19)13-4-2-3-10(14)9-13/h2-9,15H,1H3. The highest BCUT2D eigenvalue weighted by Gasteiger charge is 2.15. The molecule has 0 saturated heterocycles. The van der Waals surface area contributed by atoms with E-state index in [4.69, 9.17) is 11.6 Å². The molecule has 0 amide bonds. The highest BCUT2D eigenvalue weighted by atomic mass is 35.5. The highest BCUT2D eigenvalue weighted by Crippen LogP contribution is 2.20. The lowest BCUT2D eigenvalue weighted by Crippen LogP contribution is -2.13. The Kier molecular flexibility index (Phi) is 4.27. The van der Waals surface area contributed by atoms with Crippen molar-refractivity contribution in [2.45, 2.75) is 9.79 Å². The van der Waals surface area contributed by atoms with Crippen molar-refractivity contribution in [3.8, 4) is 0 Å². The number of halogens is 1. The summed E-state index contributed by atoms with van der Waals surface area (Å²) in [7, 11) is -7.08. The lowest BCUT2D eigenvalue weighted by Gasteiger charge is -2.08. The molecule has 1 N–H and O–H groups in total.